The van der Waals surface area contributed by atoms with E-state index in [9.17, 15) is 14.4 Å². The molecular formula is C35H56N8O5S. The molecule has 0 spiro atoms. The Labute approximate surface area is 295 Å². The molecule has 0 unspecified atom stereocenters. The Balaban J connectivity index is 1.63. The van der Waals surface area contributed by atoms with E-state index in [4.69, 9.17) is 14.5 Å². The molecule has 4 heterocycles. The number of amides is 3. The van der Waals surface area contributed by atoms with E-state index in [0.29, 0.717) is 69.5 Å². The Morgan fingerprint density at radius 3 is 2.35 bits per heavy atom. The maximum Gasteiger partial charge on any atom is 0.410 e. The second-order valence-electron chi connectivity index (χ2n) is 15.4. The first-order valence-corrected chi connectivity index (χ1v) is 18.3. The summed E-state index contributed by atoms with van der Waals surface area (Å²) in [6.45, 7) is 20.3. The molecule has 49 heavy (non-hydrogen) atoms. The van der Waals surface area contributed by atoms with Gasteiger partial charge in [-0.2, -0.15) is 0 Å². The number of methoxy groups -OCH3 is 1. The number of hydrogen-bond acceptors (Lipinski definition) is 11. The number of ether oxygens (including phenoxy) is 2. The van der Waals surface area contributed by atoms with Gasteiger partial charge in [-0.1, -0.05) is 34.6 Å². The quantitative estimate of drug-likeness (QED) is 0.328. The summed E-state index contributed by atoms with van der Waals surface area (Å²) in [5, 5.41) is 6.27. The fourth-order valence-corrected chi connectivity index (χ4v) is 6.80. The molecule has 272 valence electrons. The van der Waals surface area contributed by atoms with Crippen LogP contribution in [0, 0.1) is 11.8 Å². The van der Waals surface area contributed by atoms with Crippen molar-refractivity contribution in [1.82, 2.24) is 29.7 Å². The zero-order valence-corrected chi connectivity index (χ0v) is 31.6. The number of aromatic nitrogens is 3. The molecule has 2 aromatic rings. The van der Waals surface area contributed by atoms with Crippen LogP contribution in [0.25, 0.3) is 0 Å². The van der Waals surface area contributed by atoms with E-state index < -0.39 is 23.7 Å². The second-order valence-corrected chi connectivity index (χ2v) is 16.3. The number of nitrogens with zero attached hydrogens (tertiary/aromatic N) is 7. The van der Waals surface area contributed by atoms with Crippen molar-refractivity contribution in [3.8, 4) is 0 Å². The number of piperidine rings is 1. The highest BCUT2D eigenvalue weighted by Crippen LogP contribution is 2.30. The van der Waals surface area contributed by atoms with Crippen LogP contribution >= 0.6 is 11.3 Å². The number of anilines is 2. The predicted molar refractivity (Wildman–Crippen MR) is 192 cm³/mol. The van der Waals surface area contributed by atoms with Crippen molar-refractivity contribution in [1.29, 1.82) is 0 Å². The monoisotopic (exact) mass is 700 g/mol. The fraction of sp³-hybridized carbons (Fsp3) is 0.714. The highest BCUT2D eigenvalue weighted by molar-refractivity contribution is 7.13. The molecule has 0 bridgehead atoms. The van der Waals surface area contributed by atoms with Crippen molar-refractivity contribution >= 4 is 40.2 Å². The van der Waals surface area contributed by atoms with Gasteiger partial charge in [0.1, 0.15) is 22.8 Å². The van der Waals surface area contributed by atoms with Crippen molar-refractivity contribution in [2.75, 3.05) is 76.3 Å². The molecule has 0 radical (unpaired) electrons. The number of piperazine rings is 1. The van der Waals surface area contributed by atoms with Crippen LogP contribution in [-0.4, -0.2) is 125 Å². The lowest BCUT2D eigenvalue weighted by Crippen LogP contribution is -2.59. The largest absolute Gasteiger partial charge is 0.444 e. The minimum Gasteiger partial charge on any atom is -0.444 e. The summed E-state index contributed by atoms with van der Waals surface area (Å²) < 4.78 is 11.0. The Morgan fingerprint density at radius 1 is 1.04 bits per heavy atom. The molecule has 2 atom stereocenters. The summed E-state index contributed by atoms with van der Waals surface area (Å²) in [6, 6.07) is -0.426. The molecule has 2 aliphatic rings. The highest BCUT2D eigenvalue weighted by atomic mass is 32.1. The maximum atomic E-state index is 14.6. The lowest BCUT2D eigenvalue weighted by atomic mass is 9.90. The smallest absolute Gasteiger partial charge is 0.410 e. The molecule has 3 amide bonds. The van der Waals surface area contributed by atoms with Gasteiger partial charge in [-0.3, -0.25) is 9.59 Å². The summed E-state index contributed by atoms with van der Waals surface area (Å²) in [5.74, 6) is 0.492. The van der Waals surface area contributed by atoms with Crippen molar-refractivity contribution in [2.24, 2.45) is 11.8 Å². The molecule has 13 nitrogen and oxygen atoms in total. The SMILES string of the molecule is COCCCNc1nc(C(C)(C)C)ncc1C(=O)N(CC(C)C)[C@H]1C[C@@H](C(=O)N2CCN(c3nccs3)CC2)CN(C(=O)OC(C)(C)C)C1. The minimum atomic E-state index is -0.710. The third-order valence-corrected chi connectivity index (χ3v) is 9.31. The molecule has 0 aromatic carbocycles. The van der Waals surface area contributed by atoms with Crippen LogP contribution in [0.1, 0.15) is 84.4 Å². The van der Waals surface area contributed by atoms with Gasteiger partial charge < -0.3 is 34.4 Å². The molecule has 2 saturated heterocycles. The van der Waals surface area contributed by atoms with Crippen molar-refractivity contribution in [3.05, 3.63) is 29.2 Å². The summed E-state index contributed by atoms with van der Waals surface area (Å²) in [7, 11) is 1.66. The summed E-state index contributed by atoms with van der Waals surface area (Å²) in [4.78, 5) is 63.7. The summed E-state index contributed by atoms with van der Waals surface area (Å²) in [6.07, 6.45) is 4.09. The van der Waals surface area contributed by atoms with Crippen LogP contribution in [-0.2, 0) is 19.7 Å². The Hall–Kier alpha value is -3.52. The summed E-state index contributed by atoms with van der Waals surface area (Å²) in [5.41, 5.74) is -0.668. The average molecular weight is 701 g/mol. The number of hydrogen-bond donors (Lipinski definition) is 1. The van der Waals surface area contributed by atoms with Gasteiger partial charge in [0.15, 0.2) is 5.13 Å². The van der Waals surface area contributed by atoms with Crippen molar-refractivity contribution in [3.63, 3.8) is 0 Å². The lowest BCUT2D eigenvalue weighted by molar-refractivity contribution is -0.138. The summed E-state index contributed by atoms with van der Waals surface area (Å²) >= 11 is 1.59. The zero-order chi connectivity index (χ0) is 35.9. The van der Waals surface area contributed by atoms with Crippen LogP contribution < -0.4 is 10.2 Å². The number of carbonyl (C=O) groups is 3. The van der Waals surface area contributed by atoms with Gasteiger partial charge >= 0.3 is 6.09 Å². The lowest BCUT2D eigenvalue weighted by Gasteiger charge is -2.44. The van der Waals surface area contributed by atoms with E-state index in [0.717, 1.165) is 11.6 Å². The third kappa shape index (κ3) is 10.5. The number of carbonyl (C=O) groups excluding carboxylic acids is 3. The van der Waals surface area contributed by atoms with Gasteiger partial charge in [-0.05, 0) is 39.5 Å². The van der Waals surface area contributed by atoms with Crippen LogP contribution in [0.2, 0.25) is 0 Å². The second kappa shape index (κ2) is 16.5. The maximum absolute atomic E-state index is 14.6. The first-order chi connectivity index (χ1) is 23.1. The van der Waals surface area contributed by atoms with Gasteiger partial charge in [-0.15, -0.1) is 11.3 Å². The topological polar surface area (TPSA) is 133 Å². The van der Waals surface area contributed by atoms with Gasteiger partial charge in [0.2, 0.25) is 5.91 Å². The van der Waals surface area contributed by atoms with Gasteiger partial charge in [0.05, 0.1) is 12.0 Å². The number of thiazole rings is 1. The molecule has 4 rings (SSSR count). The predicted octanol–water partition coefficient (Wildman–Crippen LogP) is 4.75. The van der Waals surface area contributed by atoms with Gasteiger partial charge in [-0.25, -0.2) is 19.7 Å². The number of likely N-dealkylation sites (tertiary alicyclic amines) is 1. The van der Waals surface area contributed by atoms with Gasteiger partial charge in [0.25, 0.3) is 5.91 Å². The van der Waals surface area contributed by atoms with E-state index in [1.807, 2.05) is 56.7 Å². The molecule has 14 heteroatoms. The van der Waals surface area contributed by atoms with Crippen LogP contribution in [0.15, 0.2) is 17.8 Å². The molecule has 2 aromatic heterocycles. The average Bonchev–Trinajstić information content (AvgIpc) is 3.59. The van der Waals surface area contributed by atoms with E-state index in [1.165, 1.54) is 0 Å². The van der Waals surface area contributed by atoms with Crippen molar-refractivity contribution in [2.45, 2.75) is 85.3 Å². The molecule has 0 saturated carbocycles. The fourth-order valence-electron chi connectivity index (χ4n) is 6.10. The molecule has 2 aliphatic heterocycles. The first kappa shape index (κ1) is 38.3. The molecular weight excluding hydrogens is 645 g/mol. The number of rotatable bonds is 11. The van der Waals surface area contributed by atoms with Crippen LogP contribution in [0.5, 0.6) is 0 Å². The normalized spacial score (nSPS) is 18.9. The molecule has 0 aliphatic carbocycles. The van der Waals surface area contributed by atoms with Crippen LogP contribution in [0.3, 0.4) is 0 Å². The van der Waals surface area contributed by atoms with Gasteiger partial charge in [0, 0.05) is 89.3 Å². The number of nitrogens with one attached hydrogen (secondary N) is 1. The van der Waals surface area contributed by atoms with E-state index in [1.54, 1.807) is 35.7 Å². The Kier molecular flexibility index (Phi) is 12.9. The highest BCUT2D eigenvalue weighted by Gasteiger charge is 2.42. The van der Waals surface area contributed by atoms with E-state index >= 15 is 0 Å². The first-order valence-electron chi connectivity index (χ1n) is 17.4. The molecule has 2 fully saturated rings. The Morgan fingerprint density at radius 2 is 1.76 bits per heavy atom. The van der Waals surface area contributed by atoms with E-state index in [2.05, 4.69) is 34.0 Å². The van der Waals surface area contributed by atoms with E-state index in [-0.39, 0.29) is 36.2 Å². The third-order valence-electron chi connectivity index (χ3n) is 8.48. The zero-order valence-electron chi connectivity index (χ0n) is 30.8. The van der Waals surface area contributed by atoms with Crippen LogP contribution in [0.4, 0.5) is 15.7 Å². The minimum absolute atomic E-state index is 0.00708. The molecule has 1 N–H and O–H groups in total. The Bertz CT molecular complexity index is 1400. The standard InChI is InChI=1S/C35H56N8O5S/c1-24(2)21-43(30(45)27-20-38-31(34(3,4)5)39-28(27)36-11-10-17-47-9)26-19-25(22-42(23-26)33(46)48-35(6,7)8)29(44)40-13-15-41(16-14-40)32-37-12-18-49-32/h12,18,20,24-26H,10-11,13-17,19,21-23H2,1-9H3,(H,36,38,39)/t25-,26+/m1/s1. The van der Waals surface area contributed by atoms with Crippen molar-refractivity contribution < 1.29 is 23.9 Å².